The molecule has 190 valence electrons. The van der Waals surface area contributed by atoms with E-state index in [1.165, 1.54) is 10.7 Å². The predicted molar refractivity (Wildman–Crippen MR) is 125 cm³/mol. The summed E-state index contributed by atoms with van der Waals surface area (Å²) in [5.74, 6) is -1.15. The van der Waals surface area contributed by atoms with E-state index in [0.717, 1.165) is 31.4 Å². The number of imidazole rings is 1. The Morgan fingerprint density at radius 2 is 1.88 bits per heavy atom. The average molecular weight is 539 g/mol. The molecule has 2 aromatic rings. The molecule has 5 atom stereocenters. The molecule has 1 unspecified atom stereocenters. The van der Waals surface area contributed by atoms with Crippen LogP contribution in [0.4, 0.5) is 5.69 Å². The average Bonchev–Trinajstić information content (AvgIpc) is 3.45. The van der Waals surface area contributed by atoms with E-state index in [0.29, 0.717) is 17.4 Å². The fourth-order valence-corrected chi connectivity index (χ4v) is 8.51. The maximum Gasteiger partial charge on any atom is 0.335 e. The molecule has 15 heteroatoms. The second kappa shape index (κ2) is 9.76. The van der Waals surface area contributed by atoms with Gasteiger partial charge in [0.1, 0.15) is 24.2 Å². The van der Waals surface area contributed by atoms with Crippen molar-refractivity contribution in [2.24, 2.45) is 0 Å². The Morgan fingerprint density at radius 3 is 2.53 bits per heavy atom. The molecule has 12 nitrogen and oxygen atoms in total. The lowest BCUT2D eigenvalue weighted by Gasteiger charge is -2.27. The van der Waals surface area contributed by atoms with Crippen LogP contribution in [0.2, 0.25) is 5.15 Å². The Bertz CT molecular complexity index is 1140. The van der Waals surface area contributed by atoms with Gasteiger partial charge in [0.05, 0.1) is 23.7 Å². The van der Waals surface area contributed by atoms with Crippen LogP contribution in [0.3, 0.4) is 0 Å². The maximum atomic E-state index is 12.1. The normalized spacial score (nSPS) is 28.0. The Balaban J connectivity index is 1.56. The first-order chi connectivity index (χ1) is 15.9. The number of aliphatic hydroxyl groups excluding tert-OH is 2. The van der Waals surface area contributed by atoms with Crippen molar-refractivity contribution < 1.29 is 38.8 Å². The molecular formula is C19H29ClN4O8P2. The van der Waals surface area contributed by atoms with E-state index in [2.05, 4.69) is 15.0 Å². The number of nitrogens with zero attached hydrogens (tertiary/aromatic N) is 4. The van der Waals surface area contributed by atoms with E-state index in [9.17, 15) is 24.2 Å². The van der Waals surface area contributed by atoms with Crippen molar-refractivity contribution in [1.82, 2.24) is 14.6 Å². The molecule has 3 heterocycles. The first-order valence-corrected chi connectivity index (χ1v) is 15.2. The largest absolute Gasteiger partial charge is 0.388 e. The Kier molecular flexibility index (Phi) is 7.47. The topological polar surface area (TPSA) is 178 Å². The fourth-order valence-electron chi connectivity index (χ4n) is 4.80. The third-order valence-electron chi connectivity index (χ3n) is 6.52. The van der Waals surface area contributed by atoms with Gasteiger partial charge in [-0.25, -0.2) is 9.50 Å². The van der Waals surface area contributed by atoms with Crippen LogP contribution < -0.4 is 4.90 Å². The third-order valence-corrected chi connectivity index (χ3v) is 10.9. The second-order valence-electron chi connectivity index (χ2n) is 9.06. The molecule has 1 aliphatic heterocycles. The van der Waals surface area contributed by atoms with Gasteiger partial charge in [-0.2, -0.15) is 5.10 Å². The summed E-state index contributed by atoms with van der Waals surface area (Å²) in [6, 6.07) is 2.08. The quantitative estimate of drug-likeness (QED) is 0.309. The Labute approximate surface area is 201 Å². The van der Waals surface area contributed by atoms with E-state index in [4.69, 9.17) is 26.1 Å². The summed E-state index contributed by atoms with van der Waals surface area (Å²) in [5.41, 5.74) is 1.65. The predicted octanol–water partition coefficient (Wildman–Crippen LogP) is 1.72. The van der Waals surface area contributed by atoms with Crippen molar-refractivity contribution in [3.8, 4) is 0 Å². The van der Waals surface area contributed by atoms with Gasteiger partial charge in [0.2, 0.25) is 7.37 Å². The third kappa shape index (κ3) is 5.51. The molecule has 4 rings (SSSR count). The summed E-state index contributed by atoms with van der Waals surface area (Å²) in [7, 11) is -6.86. The van der Waals surface area contributed by atoms with E-state index >= 15 is 0 Å². The van der Waals surface area contributed by atoms with Gasteiger partial charge in [0, 0.05) is 25.3 Å². The molecule has 0 aromatic carbocycles. The first-order valence-electron chi connectivity index (χ1n) is 11.0. The number of aliphatic hydroxyl groups is 2. The number of aromatic nitrogens is 3. The highest BCUT2D eigenvalue weighted by atomic mass is 35.5. The lowest BCUT2D eigenvalue weighted by atomic mass is 10.0. The molecule has 34 heavy (non-hydrogen) atoms. The lowest BCUT2D eigenvalue weighted by Crippen LogP contribution is -2.31. The number of hydrogen-bond donors (Lipinski definition) is 5. The van der Waals surface area contributed by atoms with Gasteiger partial charge in [-0.3, -0.25) is 9.13 Å². The van der Waals surface area contributed by atoms with Crippen LogP contribution in [0.5, 0.6) is 0 Å². The molecule has 1 aliphatic carbocycles. The van der Waals surface area contributed by atoms with Crippen LogP contribution in [-0.2, 0) is 13.9 Å². The molecule has 0 amide bonds. The summed E-state index contributed by atoms with van der Waals surface area (Å²) in [6.45, 7) is 0. The minimum absolute atomic E-state index is 0.177. The highest BCUT2D eigenvalue weighted by Gasteiger charge is 2.45. The SMILES string of the molecule is CN(c1cc(Cl)nn2c([C@@H]3O[C@H](CCP(=O)(O)CP(=O)(O)O)[C@@H](O)[C@H]3O)cnc12)C1CCCC1. The number of halogens is 1. The van der Waals surface area contributed by atoms with E-state index in [1.807, 2.05) is 7.05 Å². The smallest absolute Gasteiger partial charge is 0.335 e. The minimum atomic E-state index is -4.68. The van der Waals surface area contributed by atoms with Crippen molar-refractivity contribution in [2.75, 3.05) is 24.0 Å². The molecule has 2 aromatic heterocycles. The number of anilines is 1. The van der Waals surface area contributed by atoms with Crippen molar-refractivity contribution in [3.63, 3.8) is 0 Å². The number of hydrogen-bond acceptors (Lipinski definition) is 8. The van der Waals surface area contributed by atoms with Crippen LogP contribution in [0, 0.1) is 0 Å². The minimum Gasteiger partial charge on any atom is -0.388 e. The standard InChI is InChI=1S/C19H29ClN4O8P2/c1-23(11-4-2-3-5-11)12-8-15(20)22-24-13(9-21-19(12)24)18-17(26)16(25)14(32-18)6-7-33(27,28)10-34(29,30)31/h8-9,11,14,16-18,25-26H,2-7,10H2,1H3,(H,27,28)(H2,29,30,31)/t14-,16-,17-,18+/m1/s1. The summed E-state index contributed by atoms with van der Waals surface area (Å²) < 4.78 is 30.5. The molecule has 0 bridgehead atoms. The molecule has 2 fully saturated rings. The van der Waals surface area contributed by atoms with Gasteiger partial charge in [-0.1, -0.05) is 24.4 Å². The lowest BCUT2D eigenvalue weighted by molar-refractivity contribution is 0.00276. The number of fused-ring (bicyclic) bond motifs is 1. The van der Waals surface area contributed by atoms with Crippen LogP contribution >= 0.6 is 26.6 Å². The van der Waals surface area contributed by atoms with Crippen LogP contribution in [0.15, 0.2) is 12.3 Å². The summed E-state index contributed by atoms with van der Waals surface area (Å²) in [4.78, 5) is 34.4. The number of rotatable bonds is 8. The second-order valence-corrected chi connectivity index (χ2v) is 14.0. The molecule has 5 N–H and O–H groups in total. The van der Waals surface area contributed by atoms with E-state index < -0.39 is 51.4 Å². The molecule has 0 radical (unpaired) electrons. The Morgan fingerprint density at radius 1 is 1.21 bits per heavy atom. The van der Waals surface area contributed by atoms with Crippen molar-refractivity contribution in [3.05, 3.63) is 23.1 Å². The van der Waals surface area contributed by atoms with Crippen molar-refractivity contribution >= 4 is 37.9 Å². The molecular weight excluding hydrogens is 510 g/mol. The van der Waals surface area contributed by atoms with E-state index in [1.54, 1.807) is 6.07 Å². The monoisotopic (exact) mass is 538 g/mol. The van der Waals surface area contributed by atoms with Gasteiger partial charge in [-0.05, 0) is 19.3 Å². The van der Waals surface area contributed by atoms with Crippen LogP contribution in [0.25, 0.3) is 5.65 Å². The van der Waals surface area contributed by atoms with Gasteiger partial charge in [0.15, 0.2) is 10.8 Å². The van der Waals surface area contributed by atoms with Gasteiger partial charge < -0.3 is 34.5 Å². The zero-order valence-electron chi connectivity index (χ0n) is 18.5. The zero-order valence-corrected chi connectivity index (χ0v) is 21.1. The van der Waals surface area contributed by atoms with Crippen LogP contribution in [0.1, 0.15) is 43.9 Å². The van der Waals surface area contributed by atoms with E-state index in [-0.39, 0.29) is 11.6 Å². The summed E-state index contributed by atoms with van der Waals surface area (Å²) >= 11 is 6.29. The Hall–Kier alpha value is -1.07. The zero-order chi connectivity index (χ0) is 24.8. The molecule has 1 saturated heterocycles. The molecule has 2 aliphatic rings. The van der Waals surface area contributed by atoms with Gasteiger partial charge >= 0.3 is 7.60 Å². The van der Waals surface area contributed by atoms with Gasteiger partial charge in [0.25, 0.3) is 0 Å². The summed E-state index contributed by atoms with van der Waals surface area (Å²) in [5, 5.41) is 25.7. The van der Waals surface area contributed by atoms with Crippen molar-refractivity contribution in [2.45, 2.75) is 62.6 Å². The summed E-state index contributed by atoms with van der Waals surface area (Å²) in [6.07, 6.45) is 0.436. The van der Waals surface area contributed by atoms with Crippen LogP contribution in [-0.4, -0.2) is 83.0 Å². The van der Waals surface area contributed by atoms with Crippen molar-refractivity contribution in [1.29, 1.82) is 0 Å². The molecule has 1 saturated carbocycles. The highest BCUT2D eigenvalue weighted by molar-refractivity contribution is 7.72. The number of ether oxygens (including phenoxy) is 1. The molecule has 0 spiro atoms. The maximum absolute atomic E-state index is 12.1. The first kappa shape index (κ1) is 26.0. The fraction of sp³-hybridized carbons (Fsp3) is 0.684. The highest BCUT2D eigenvalue weighted by Crippen LogP contribution is 2.55. The van der Waals surface area contributed by atoms with Gasteiger partial charge in [-0.15, -0.1) is 0 Å².